The minimum absolute atomic E-state index is 0.236. The van der Waals surface area contributed by atoms with Crippen molar-refractivity contribution in [3.63, 3.8) is 0 Å². The number of carbonyl (C=O) groups excluding carboxylic acids is 2. The Hall–Kier alpha value is -2.83. The lowest BCUT2D eigenvalue weighted by Gasteiger charge is -2.12. The van der Waals surface area contributed by atoms with E-state index in [1.807, 2.05) is 69.3 Å². The average molecular weight is 499 g/mol. The monoisotopic (exact) mass is 497 g/mol. The molecule has 1 aliphatic rings. The Labute approximate surface area is 194 Å². The fourth-order valence-electron chi connectivity index (χ4n) is 3.82. The second kappa shape index (κ2) is 8.36. The molecule has 0 radical (unpaired) electrons. The smallest absolute Gasteiger partial charge is 0.318 e. The molecule has 0 atom stereocenters. The summed E-state index contributed by atoms with van der Waals surface area (Å²) in [6.45, 7) is 6.18. The lowest BCUT2D eigenvalue weighted by molar-refractivity contribution is -0.123. The van der Waals surface area contributed by atoms with E-state index in [4.69, 9.17) is 11.6 Å². The highest BCUT2D eigenvalue weighted by Crippen LogP contribution is 2.29. The summed E-state index contributed by atoms with van der Waals surface area (Å²) in [4.78, 5) is 26.6. The van der Waals surface area contributed by atoms with Crippen LogP contribution in [0.4, 0.5) is 4.79 Å². The predicted octanol–water partition coefficient (Wildman–Crippen LogP) is 5.91. The maximum absolute atomic E-state index is 12.9. The summed E-state index contributed by atoms with van der Waals surface area (Å²) in [5.41, 5.74) is 5.99. The van der Waals surface area contributed by atoms with Gasteiger partial charge in [0.15, 0.2) is 0 Å². The van der Waals surface area contributed by atoms with Gasteiger partial charge in [-0.05, 0) is 78.2 Å². The molecule has 158 valence electrons. The second-order valence-electron chi connectivity index (χ2n) is 7.63. The predicted molar refractivity (Wildman–Crippen MR) is 126 cm³/mol. The Morgan fingerprint density at radius 3 is 2.55 bits per heavy atom. The van der Waals surface area contributed by atoms with Crippen molar-refractivity contribution in [3.8, 4) is 5.69 Å². The van der Waals surface area contributed by atoms with Crippen LogP contribution in [0.1, 0.15) is 28.1 Å². The van der Waals surface area contributed by atoms with Crippen LogP contribution in [0.25, 0.3) is 11.8 Å². The lowest BCUT2D eigenvalue weighted by atomic mass is 10.1. The number of hydrogen-bond acceptors (Lipinski definition) is 2. The Morgan fingerprint density at radius 1 is 1.06 bits per heavy atom. The van der Waals surface area contributed by atoms with E-state index < -0.39 is 6.03 Å². The molecule has 0 unspecified atom stereocenters. The van der Waals surface area contributed by atoms with Crippen LogP contribution in [0, 0.1) is 20.8 Å². The van der Waals surface area contributed by atoms with Crippen molar-refractivity contribution in [2.24, 2.45) is 0 Å². The summed E-state index contributed by atoms with van der Waals surface area (Å²) >= 11 is 9.69. The number of aryl methyl sites for hydroxylation is 2. The molecule has 0 spiro atoms. The number of urea groups is 1. The molecular weight excluding hydrogens is 478 g/mol. The number of aromatic nitrogens is 1. The third kappa shape index (κ3) is 4.18. The average Bonchev–Trinajstić information content (AvgIpc) is 3.14. The van der Waals surface area contributed by atoms with Gasteiger partial charge in [0, 0.05) is 21.5 Å². The van der Waals surface area contributed by atoms with E-state index in [1.54, 1.807) is 6.08 Å². The molecule has 1 aromatic heterocycles. The van der Waals surface area contributed by atoms with Crippen LogP contribution >= 0.6 is 27.5 Å². The van der Waals surface area contributed by atoms with Crippen LogP contribution in [0.2, 0.25) is 5.02 Å². The van der Waals surface area contributed by atoms with E-state index in [1.165, 1.54) is 4.90 Å². The molecule has 3 aromatic rings. The zero-order valence-electron chi connectivity index (χ0n) is 17.4. The van der Waals surface area contributed by atoms with Crippen molar-refractivity contribution < 1.29 is 9.59 Å². The zero-order valence-corrected chi connectivity index (χ0v) is 19.7. The number of nitrogens with one attached hydrogen (secondary N) is 1. The summed E-state index contributed by atoms with van der Waals surface area (Å²) in [5, 5.41) is 3.33. The van der Waals surface area contributed by atoms with Gasteiger partial charge in [-0.15, -0.1) is 0 Å². The number of nitrogens with zero attached hydrogens (tertiary/aromatic N) is 2. The molecule has 0 aliphatic carbocycles. The molecule has 0 bridgehead atoms. The Kier molecular flexibility index (Phi) is 5.77. The summed E-state index contributed by atoms with van der Waals surface area (Å²) in [6.07, 6.45) is 1.73. The van der Waals surface area contributed by atoms with Gasteiger partial charge in [-0.1, -0.05) is 41.4 Å². The molecule has 2 aromatic carbocycles. The molecule has 1 aliphatic heterocycles. The van der Waals surface area contributed by atoms with Crippen molar-refractivity contribution in [3.05, 3.63) is 91.8 Å². The third-order valence-electron chi connectivity index (χ3n) is 5.32. The fraction of sp³-hybridized carbons (Fsp3) is 0.167. The Bertz CT molecular complexity index is 1250. The molecule has 3 amide bonds. The summed E-state index contributed by atoms with van der Waals surface area (Å²) in [5.74, 6) is -0.331. The largest absolute Gasteiger partial charge is 0.329 e. The van der Waals surface area contributed by atoms with Gasteiger partial charge in [0.2, 0.25) is 0 Å². The van der Waals surface area contributed by atoms with E-state index >= 15 is 0 Å². The van der Waals surface area contributed by atoms with E-state index in [0.29, 0.717) is 5.02 Å². The molecular formula is C24H21BrClN3O2. The molecule has 4 rings (SSSR count). The van der Waals surface area contributed by atoms with Gasteiger partial charge >= 0.3 is 6.03 Å². The number of carbonyl (C=O) groups is 2. The first kappa shape index (κ1) is 21.4. The van der Waals surface area contributed by atoms with Crippen LogP contribution < -0.4 is 5.32 Å². The van der Waals surface area contributed by atoms with E-state index in [9.17, 15) is 9.59 Å². The topological polar surface area (TPSA) is 54.3 Å². The van der Waals surface area contributed by atoms with Crippen LogP contribution in [-0.4, -0.2) is 21.4 Å². The molecule has 31 heavy (non-hydrogen) atoms. The Balaban J connectivity index is 1.64. The van der Waals surface area contributed by atoms with E-state index in [0.717, 1.165) is 38.2 Å². The molecule has 1 fully saturated rings. The quantitative estimate of drug-likeness (QED) is 0.359. The number of benzene rings is 2. The van der Waals surface area contributed by atoms with Crippen LogP contribution in [0.5, 0.6) is 0 Å². The molecule has 2 heterocycles. The highest BCUT2D eigenvalue weighted by molar-refractivity contribution is 9.10. The number of amides is 3. The van der Waals surface area contributed by atoms with Gasteiger partial charge in [0.05, 0.1) is 11.6 Å². The third-order valence-corrected chi connectivity index (χ3v) is 6.55. The zero-order chi connectivity index (χ0) is 22.3. The van der Waals surface area contributed by atoms with Gasteiger partial charge in [-0.2, -0.15) is 0 Å². The van der Waals surface area contributed by atoms with Crippen molar-refractivity contribution in [1.29, 1.82) is 0 Å². The molecule has 1 saturated heterocycles. The first-order chi connectivity index (χ1) is 14.7. The SMILES string of the molecule is Cc1cccc(CN2C(=O)N/C(=C/c3cc(C)n(-c4ccc(Br)c(Cl)c4)c3C)C2=O)c1. The highest BCUT2D eigenvalue weighted by atomic mass is 79.9. The van der Waals surface area contributed by atoms with Gasteiger partial charge in [0.25, 0.3) is 5.91 Å². The minimum atomic E-state index is -0.411. The lowest BCUT2D eigenvalue weighted by Crippen LogP contribution is -2.30. The van der Waals surface area contributed by atoms with Gasteiger partial charge in [-0.3, -0.25) is 9.69 Å². The van der Waals surface area contributed by atoms with Crippen molar-refractivity contribution in [2.45, 2.75) is 27.3 Å². The first-order valence-electron chi connectivity index (χ1n) is 9.79. The number of rotatable bonds is 4. The van der Waals surface area contributed by atoms with Gasteiger partial charge in [0.1, 0.15) is 5.70 Å². The van der Waals surface area contributed by atoms with E-state index in [-0.39, 0.29) is 18.1 Å². The first-order valence-corrected chi connectivity index (χ1v) is 11.0. The Morgan fingerprint density at radius 2 is 1.84 bits per heavy atom. The molecule has 7 heteroatoms. The summed E-state index contributed by atoms with van der Waals surface area (Å²) in [7, 11) is 0. The van der Waals surface area contributed by atoms with Gasteiger partial charge in [-0.25, -0.2) is 4.79 Å². The standard InChI is InChI=1S/C24H21BrClN3O2/c1-14-5-4-6-17(9-14)13-28-23(30)22(27-24(28)31)11-18-10-15(2)29(16(18)3)19-7-8-20(25)21(26)12-19/h4-12H,13H2,1-3H3,(H,27,31)/b22-11+. The van der Waals surface area contributed by atoms with E-state index in [2.05, 4.69) is 25.8 Å². The minimum Gasteiger partial charge on any atom is -0.318 e. The summed E-state index contributed by atoms with van der Waals surface area (Å²) < 4.78 is 2.90. The number of halogens is 2. The highest BCUT2D eigenvalue weighted by Gasteiger charge is 2.33. The molecule has 5 nitrogen and oxygen atoms in total. The molecule has 0 saturated carbocycles. The normalized spacial score (nSPS) is 15.1. The fourth-order valence-corrected chi connectivity index (χ4v) is 4.24. The van der Waals surface area contributed by atoms with Crippen molar-refractivity contribution in [1.82, 2.24) is 14.8 Å². The van der Waals surface area contributed by atoms with Gasteiger partial charge < -0.3 is 9.88 Å². The van der Waals surface area contributed by atoms with Crippen LogP contribution in [-0.2, 0) is 11.3 Å². The maximum Gasteiger partial charge on any atom is 0.329 e. The second-order valence-corrected chi connectivity index (χ2v) is 8.89. The number of hydrogen-bond donors (Lipinski definition) is 1. The maximum atomic E-state index is 12.9. The molecule has 1 N–H and O–H groups in total. The van der Waals surface area contributed by atoms with Crippen LogP contribution in [0.15, 0.2) is 58.7 Å². The number of imide groups is 1. The summed E-state index contributed by atoms with van der Waals surface area (Å²) in [6, 6.07) is 15.1. The van der Waals surface area contributed by atoms with Crippen molar-refractivity contribution >= 4 is 45.5 Å². The van der Waals surface area contributed by atoms with Crippen molar-refractivity contribution in [2.75, 3.05) is 0 Å². The van der Waals surface area contributed by atoms with Crippen LogP contribution in [0.3, 0.4) is 0 Å².